The fourth-order valence-corrected chi connectivity index (χ4v) is 1.49. The maximum Gasteiger partial charge on any atom is 0.0914 e. The third-order valence-electron chi connectivity index (χ3n) is 2.55. The number of β-amino-alcohol motifs (C(OH)–C–C–N with tert-alkyl or cyclic N) is 1. The maximum atomic E-state index is 10.0. The third-order valence-corrected chi connectivity index (χ3v) is 2.55. The standard InChI is InChI=1S/C13H22N2O2/c1-13(2,3)15-7-12(17)9-4-5-11(14)10(6-9)8-16/h4-6,12,15-17H,7-8,14H2,1-3H3. The molecule has 0 aliphatic carbocycles. The third kappa shape index (κ3) is 4.34. The molecule has 1 aromatic rings. The molecule has 0 heterocycles. The molecule has 0 saturated carbocycles. The molecular formula is C13H22N2O2. The fraction of sp³-hybridized carbons (Fsp3) is 0.538. The highest BCUT2D eigenvalue weighted by Crippen LogP contribution is 2.19. The van der Waals surface area contributed by atoms with Crippen molar-refractivity contribution in [3.8, 4) is 0 Å². The molecule has 0 saturated heterocycles. The van der Waals surface area contributed by atoms with Gasteiger partial charge in [-0.05, 0) is 38.5 Å². The van der Waals surface area contributed by atoms with Crippen molar-refractivity contribution < 1.29 is 10.2 Å². The van der Waals surface area contributed by atoms with E-state index in [1.54, 1.807) is 18.2 Å². The Balaban J connectivity index is 2.72. The molecule has 0 bridgehead atoms. The van der Waals surface area contributed by atoms with E-state index in [4.69, 9.17) is 10.8 Å². The van der Waals surface area contributed by atoms with E-state index in [2.05, 4.69) is 5.32 Å². The Morgan fingerprint density at radius 1 is 1.35 bits per heavy atom. The molecule has 0 spiro atoms. The molecule has 0 aliphatic heterocycles. The van der Waals surface area contributed by atoms with Crippen LogP contribution < -0.4 is 11.1 Å². The lowest BCUT2D eigenvalue weighted by molar-refractivity contribution is 0.163. The average Bonchev–Trinajstić information content (AvgIpc) is 2.25. The number of anilines is 1. The van der Waals surface area contributed by atoms with Crippen molar-refractivity contribution in [2.75, 3.05) is 12.3 Å². The van der Waals surface area contributed by atoms with E-state index < -0.39 is 6.10 Å². The van der Waals surface area contributed by atoms with Gasteiger partial charge in [-0.2, -0.15) is 0 Å². The summed E-state index contributed by atoms with van der Waals surface area (Å²) in [4.78, 5) is 0. The molecular weight excluding hydrogens is 216 g/mol. The zero-order valence-corrected chi connectivity index (χ0v) is 10.7. The monoisotopic (exact) mass is 238 g/mol. The second-order valence-electron chi connectivity index (χ2n) is 5.26. The van der Waals surface area contributed by atoms with Crippen molar-refractivity contribution >= 4 is 5.69 Å². The van der Waals surface area contributed by atoms with Crippen LogP contribution in [0.25, 0.3) is 0 Å². The van der Waals surface area contributed by atoms with Crippen molar-refractivity contribution in [1.29, 1.82) is 0 Å². The predicted octanol–water partition coefficient (Wildman–Crippen LogP) is 1.18. The topological polar surface area (TPSA) is 78.5 Å². The fourth-order valence-electron chi connectivity index (χ4n) is 1.49. The van der Waals surface area contributed by atoms with Gasteiger partial charge in [0.15, 0.2) is 0 Å². The summed E-state index contributed by atoms with van der Waals surface area (Å²) in [5, 5.41) is 22.3. The van der Waals surface area contributed by atoms with Crippen molar-refractivity contribution in [3.05, 3.63) is 29.3 Å². The van der Waals surface area contributed by atoms with Gasteiger partial charge in [0.2, 0.25) is 0 Å². The van der Waals surface area contributed by atoms with Gasteiger partial charge in [-0.25, -0.2) is 0 Å². The number of benzene rings is 1. The zero-order valence-electron chi connectivity index (χ0n) is 10.7. The van der Waals surface area contributed by atoms with E-state index in [-0.39, 0.29) is 12.1 Å². The van der Waals surface area contributed by atoms with E-state index >= 15 is 0 Å². The number of aliphatic hydroxyl groups is 2. The molecule has 1 aromatic carbocycles. The minimum absolute atomic E-state index is 0.0331. The van der Waals surface area contributed by atoms with E-state index in [0.717, 1.165) is 5.56 Å². The Hall–Kier alpha value is -1.10. The Kier molecular flexibility index (Phi) is 4.51. The second kappa shape index (κ2) is 5.49. The van der Waals surface area contributed by atoms with Gasteiger partial charge in [-0.1, -0.05) is 6.07 Å². The Bertz CT molecular complexity index is 372. The van der Waals surface area contributed by atoms with Gasteiger partial charge in [-0.15, -0.1) is 0 Å². The normalized spacial score (nSPS) is 13.7. The average molecular weight is 238 g/mol. The van der Waals surface area contributed by atoms with Gasteiger partial charge in [0.05, 0.1) is 12.7 Å². The molecule has 0 radical (unpaired) electrons. The van der Waals surface area contributed by atoms with Gasteiger partial charge < -0.3 is 21.3 Å². The number of hydrogen-bond acceptors (Lipinski definition) is 4. The van der Waals surface area contributed by atoms with Crippen LogP contribution in [0, 0.1) is 0 Å². The Labute approximate surface area is 102 Å². The predicted molar refractivity (Wildman–Crippen MR) is 69.5 cm³/mol. The lowest BCUT2D eigenvalue weighted by atomic mass is 10.0. The molecule has 96 valence electrons. The van der Waals surface area contributed by atoms with Crippen LogP contribution in [0.15, 0.2) is 18.2 Å². The molecule has 1 unspecified atom stereocenters. The van der Waals surface area contributed by atoms with E-state index in [0.29, 0.717) is 17.8 Å². The highest BCUT2D eigenvalue weighted by molar-refractivity contribution is 5.48. The number of rotatable bonds is 4. The van der Waals surface area contributed by atoms with Crippen LogP contribution in [-0.4, -0.2) is 22.3 Å². The van der Waals surface area contributed by atoms with Crippen LogP contribution in [0.1, 0.15) is 38.0 Å². The van der Waals surface area contributed by atoms with Gasteiger partial charge in [-0.3, -0.25) is 0 Å². The molecule has 0 amide bonds. The Morgan fingerprint density at radius 2 is 2.00 bits per heavy atom. The molecule has 1 atom stereocenters. The van der Waals surface area contributed by atoms with E-state index in [1.807, 2.05) is 20.8 Å². The van der Waals surface area contributed by atoms with Gasteiger partial charge in [0, 0.05) is 23.3 Å². The SMILES string of the molecule is CC(C)(C)NCC(O)c1ccc(N)c(CO)c1. The lowest BCUT2D eigenvalue weighted by Gasteiger charge is -2.23. The van der Waals surface area contributed by atoms with Crippen molar-refractivity contribution in [1.82, 2.24) is 5.32 Å². The first kappa shape index (κ1) is 14.0. The molecule has 17 heavy (non-hydrogen) atoms. The van der Waals surface area contributed by atoms with Crippen LogP contribution in [0.5, 0.6) is 0 Å². The lowest BCUT2D eigenvalue weighted by Crippen LogP contribution is -2.38. The number of nitrogen functional groups attached to an aromatic ring is 1. The summed E-state index contributed by atoms with van der Waals surface area (Å²) in [6, 6.07) is 5.23. The molecule has 0 fully saturated rings. The van der Waals surface area contributed by atoms with Gasteiger partial charge in [0.1, 0.15) is 0 Å². The largest absolute Gasteiger partial charge is 0.398 e. The maximum absolute atomic E-state index is 10.0. The summed E-state index contributed by atoms with van der Waals surface area (Å²) in [6.07, 6.45) is -0.597. The molecule has 0 aliphatic rings. The first-order valence-corrected chi connectivity index (χ1v) is 5.76. The second-order valence-corrected chi connectivity index (χ2v) is 5.26. The highest BCUT2D eigenvalue weighted by Gasteiger charge is 2.14. The van der Waals surface area contributed by atoms with Crippen molar-refractivity contribution in [3.63, 3.8) is 0 Å². The summed E-state index contributed by atoms with van der Waals surface area (Å²) in [5.41, 5.74) is 7.62. The number of nitrogens with one attached hydrogen (secondary N) is 1. The van der Waals surface area contributed by atoms with Crippen LogP contribution in [0.2, 0.25) is 0 Å². The molecule has 1 rings (SSSR count). The number of aliphatic hydroxyl groups excluding tert-OH is 2. The Morgan fingerprint density at radius 3 is 2.53 bits per heavy atom. The van der Waals surface area contributed by atoms with Crippen molar-refractivity contribution in [2.45, 2.75) is 39.0 Å². The minimum atomic E-state index is -0.597. The highest BCUT2D eigenvalue weighted by atomic mass is 16.3. The summed E-state index contributed by atoms with van der Waals surface area (Å²) >= 11 is 0. The summed E-state index contributed by atoms with van der Waals surface area (Å²) in [5.74, 6) is 0. The molecule has 4 nitrogen and oxygen atoms in total. The molecule has 5 N–H and O–H groups in total. The van der Waals surface area contributed by atoms with Crippen LogP contribution in [0.4, 0.5) is 5.69 Å². The summed E-state index contributed by atoms with van der Waals surface area (Å²) in [6.45, 7) is 6.49. The first-order chi connectivity index (χ1) is 7.83. The number of hydrogen-bond donors (Lipinski definition) is 4. The van der Waals surface area contributed by atoms with E-state index in [9.17, 15) is 5.11 Å². The quantitative estimate of drug-likeness (QED) is 0.594. The molecule has 0 aromatic heterocycles. The summed E-state index contributed by atoms with van der Waals surface area (Å²) < 4.78 is 0. The first-order valence-electron chi connectivity index (χ1n) is 5.76. The van der Waals surface area contributed by atoms with Crippen LogP contribution in [0.3, 0.4) is 0 Å². The zero-order chi connectivity index (χ0) is 13.1. The van der Waals surface area contributed by atoms with Gasteiger partial charge >= 0.3 is 0 Å². The van der Waals surface area contributed by atoms with Crippen LogP contribution >= 0.6 is 0 Å². The number of nitrogens with two attached hydrogens (primary N) is 1. The van der Waals surface area contributed by atoms with Crippen molar-refractivity contribution in [2.24, 2.45) is 0 Å². The minimum Gasteiger partial charge on any atom is -0.398 e. The van der Waals surface area contributed by atoms with E-state index in [1.165, 1.54) is 0 Å². The molecule has 4 heteroatoms. The smallest absolute Gasteiger partial charge is 0.0914 e. The van der Waals surface area contributed by atoms with Gasteiger partial charge in [0.25, 0.3) is 0 Å². The van der Waals surface area contributed by atoms with Crippen LogP contribution in [-0.2, 0) is 6.61 Å². The summed E-state index contributed by atoms with van der Waals surface area (Å²) in [7, 11) is 0.